The molecule has 0 saturated carbocycles. The molecular formula is C14H24N2O2. The zero-order valence-electron chi connectivity index (χ0n) is 11.4. The summed E-state index contributed by atoms with van der Waals surface area (Å²) in [6, 6.07) is 1.68. The summed E-state index contributed by atoms with van der Waals surface area (Å²) in [6.07, 6.45) is 6.75. The molecule has 0 aromatic carbocycles. The van der Waals surface area contributed by atoms with Gasteiger partial charge in [-0.3, -0.25) is 4.79 Å². The quantitative estimate of drug-likeness (QED) is 0.805. The van der Waals surface area contributed by atoms with E-state index in [1.807, 2.05) is 11.9 Å². The number of ether oxygens (including phenoxy) is 1. The van der Waals surface area contributed by atoms with Crippen molar-refractivity contribution in [2.24, 2.45) is 0 Å². The fourth-order valence-electron chi connectivity index (χ4n) is 3.73. The lowest BCUT2D eigenvalue weighted by Gasteiger charge is -2.36. The molecule has 0 aliphatic carbocycles. The van der Waals surface area contributed by atoms with Gasteiger partial charge in [-0.1, -0.05) is 0 Å². The Bertz CT molecular complexity index is 322. The molecule has 4 heteroatoms. The van der Waals surface area contributed by atoms with E-state index >= 15 is 0 Å². The Balaban J connectivity index is 1.60. The number of hydrogen-bond acceptors (Lipinski definition) is 3. The highest BCUT2D eigenvalue weighted by Crippen LogP contribution is 2.30. The van der Waals surface area contributed by atoms with Crippen LogP contribution >= 0.6 is 0 Å². The van der Waals surface area contributed by atoms with E-state index < -0.39 is 0 Å². The first-order valence-electron chi connectivity index (χ1n) is 7.31. The smallest absolute Gasteiger partial charge is 0.251 e. The summed E-state index contributed by atoms with van der Waals surface area (Å²) in [7, 11) is 1.96. The molecule has 3 fully saturated rings. The van der Waals surface area contributed by atoms with Crippen LogP contribution in [-0.4, -0.2) is 48.2 Å². The maximum Gasteiger partial charge on any atom is 0.251 e. The predicted molar refractivity (Wildman–Crippen MR) is 69.3 cm³/mol. The van der Waals surface area contributed by atoms with E-state index in [4.69, 9.17) is 4.74 Å². The lowest BCUT2D eigenvalue weighted by molar-refractivity contribution is -0.144. The highest BCUT2D eigenvalue weighted by Gasteiger charge is 2.39. The number of carbonyl (C=O) groups excluding carboxylic acids is 1. The van der Waals surface area contributed by atoms with Gasteiger partial charge in [-0.2, -0.15) is 0 Å². The van der Waals surface area contributed by atoms with Crippen LogP contribution < -0.4 is 5.32 Å². The molecule has 2 bridgehead atoms. The predicted octanol–water partition coefficient (Wildman–Crippen LogP) is 1.30. The minimum atomic E-state index is -0.183. The van der Waals surface area contributed by atoms with Gasteiger partial charge < -0.3 is 15.0 Å². The van der Waals surface area contributed by atoms with Crippen LogP contribution in [0.5, 0.6) is 0 Å². The summed E-state index contributed by atoms with van der Waals surface area (Å²) < 4.78 is 5.70. The van der Waals surface area contributed by atoms with Gasteiger partial charge in [-0.25, -0.2) is 0 Å². The molecule has 4 nitrogen and oxygen atoms in total. The third-order valence-electron chi connectivity index (χ3n) is 4.85. The molecule has 3 heterocycles. The van der Waals surface area contributed by atoms with E-state index in [2.05, 4.69) is 12.2 Å². The van der Waals surface area contributed by atoms with Gasteiger partial charge in [0.1, 0.15) is 6.10 Å². The molecule has 0 spiro atoms. The van der Waals surface area contributed by atoms with Crippen LogP contribution in [0.15, 0.2) is 0 Å². The van der Waals surface area contributed by atoms with Crippen molar-refractivity contribution in [1.29, 1.82) is 0 Å². The van der Waals surface area contributed by atoms with Crippen molar-refractivity contribution in [2.45, 2.75) is 75.8 Å². The molecule has 18 heavy (non-hydrogen) atoms. The first kappa shape index (κ1) is 12.4. The van der Waals surface area contributed by atoms with Gasteiger partial charge in [0.2, 0.25) is 0 Å². The summed E-state index contributed by atoms with van der Waals surface area (Å²) in [5.74, 6) is 0.200. The standard InChI is InChI=1S/C14H24N2O2/c1-9-3-6-13(18-9)14(17)16(2)12-7-10-4-5-11(8-12)15-10/h9-13,15H,3-8H2,1-2H3. The average molecular weight is 252 g/mol. The van der Waals surface area contributed by atoms with Crippen LogP contribution in [0, 0.1) is 0 Å². The van der Waals surface area contributed by atoms with Gasteiger partial charge in [-0.05, 0) is 45.4 Å². The van der Waals surface area contributed by atoms with Crippen LogP contribution in [0.4, 0.5) is 0 Å². The SMILES string of the molecule is CC1CCC(C(=O)N(C)C2CC3CCC(C2)N3)O1. The first-order chi connectivity index (χ1) is 8.63. The van der Waals surface area contributed by atoms with Gasteiger partial charge in [0.15, 0.2) is 0 Å². The monoisotopic (exact) mass is 252 g/mol. The van der Waals surface area contributed by atoms with Gasteiger partial charge in [0.25, 0.3) is 5.91 Å². The van der Waals surface area contributed by atoms with E-state index in [1.54, 1.807) is 0 Å². The number of amides is 1. The minimum absolute atomic E-state index is 0.183. The topological polar surface area (TPSA) is 41.6 Å². The van der Waals surface area contributed by atoms with Crippen LogP contribution in [-0.2, 0) is 9.53 Å². The van der Waals surface area contributed by atoms with E-state index in [-0.39, 0.29) is 18.1 Å². The minimum Gasteiger partial charge on any atom is -0.365 e. The van der Waals surface area contributed by atoms with Gasteiger partial charge in [0.05, 0.1) is 6.10 Å². The Morgan fingerprint density at radius 1 is 1.17 bits per heavy atom. The van der Waals surface area contributed by atoms with Crippen LogP contribution in [0.2, 0.25) is 0 Å². The lowest BCUT2D eigenvalue weighted by atomic mass is 9.98. The lowest BCUT2D eigenvalue weighted by Crippen LogP contribution is -2.51. The molecule has 1 amide bonds. The number of hydrogen-bond donors (Lipinski definition) is 1. The number of fused-ring (bicyclic) bond motifs is 2. The average Bonchev–Trinajstić information content (AvgIpc) is 2.94. The third-order valence-corrected chi connectivity index (χ3v) is 4.85. The summed E-state index contributed by atoms with van der Waals surface area (Å²) in [6.45, 7) is 2.05. The van der Waals surface area contributed by atoms with E-state index in [9.17, 15) is 4.79 Å². The van der Waals surface area contributed by atoms with Gasteiger partial charge >= 0.3 is 0 Å². The number of likely N-dealkylation sites (N-methyl/N-ethyl adjacent to an activating group) is 1. The molecule has 4 atom stereocenters. The maximum atomic E-state index is 12.4. The Morgan fingerprint density at radius 2 is 1.83 bits per heavy atom. The van der Waals surface area contributed by atoms with Crippen molar-refractivity contribution in [3.8, 4) is 0 Å². The van der Waals surface area contributed by atoms with Crippen LogP contribution in [0.25, 0.3) is 0 Å². The molecule has 3 rings (SSSR count). The van der Waals surface area contributed by atoms with E-state index in [0.29, 0.717) is 18.1 Å². The molecule has 3 saturated heterocycles. The Hall–Kier alpha value is -0.610. The van der Waals surface area contributed by atoms with Crippen molar-refractivity contribution in [3.63, 3.8) is 0 Å². The number of nitrogens with zero attached hydrogens (tertiary/aromatic N) is 1. The molecule has 1 N–H and O–H groups in total. The molecule has 0 radical (unpaired) electrons. The second-order valence-electron chi connectivity index (χ2n) is 6.22. The summed E-state index contributed by atoms with van der Waals surface area (Å²) in [5.41, 5.74) is 0. The summed E-state index contributed by atoms with van der Waals surface area (Å²) in [5, 5.41) is 3.62. The van der Waals surface area contributed by atoms with Crippen molar-refractivity contribution in [3.05, 3.63) is 0 Å². The molecule has 4 unspecified atom stereocenters. The molecule has 3 aliphatic heterocycles. The van der Waals surface area contributed by atoms with Crippen molar-refractivity contribution < 1.29 is 9.53 Å². The number of carbonyl (C=O) groups is 1. The largest absolute Gasteiger partial charge is 0.365 e. The Morgan fingerprint density at radius 3 is 2.39 bits per heavy atom. The highest BCUT2D eigenvalue weighted by atomic mass is 16.5. The molecular weight excluding hydrogens is 228 g/mol. The van der Waals surface area contributed by atoms with Gasteiger partial charge in [-0.15, -0.1) is 0 Å². The van der Waals surface area contributed by atoms with Crippen LogP contribution in [0.3, 0.4) is 0 Å². The summed E-state index contributed by atoms with van der Waals surface area (Å²) in [4.78, 5) is 14.4. The molecule has 0 aromatic rings. The molecule has 3 aliphatic rings. The maximum absolute atomic E-state index is 12.4. The van der Waals surface area contributed by atoms with Crippen LogP contribution in [0.1, 0.15) is 45.4 Å². The van der Waals surface area contributed by atoms with Crippen molar-refractivity contribution in [2.75, 3.05) is 7.05 Å². The second-order valence-corrected chi connectivity index (χ2v) is 6.22. The van der Waals surface area contributed by atoms with Crippen molar-refractivity contribution in [1.82, 2.24) is 10.2 Å². The molecule has 102 valence electrons. The first-order valence-corrected chi connectivity index (χ1v) is 7.31. The number of piperidine rings is 1. The molecule has 0 aromatic heterocycles. The second kappa shape index (κ2) is 4.82. The number of nitrogens with one attached hydrogen (secondary N) is 1. The summed E-state index contributed by atoms with van der Waals surface area (Å²) >= 11 is 0. The zero-order chi connectivity index (χ0) is 12.7. The van der Waals surface area contributed by atoms with Gasteiger partial charge in [0, 0.05) is 25.2 Å². The van der Waals surface area contributed by atoms with E-state index in [1.165, 1.54) is 12.8 Å². The highest BCUT2D eigenvalue weighted by molar-refractivity contribution is 5.81. The number of rotatable bonds is 2. The van der Waals surface area contributed by atoms with E-state index in [0.717, 1.165) is 25.7 Å². The van der Waals surface area contributed by atoms with Crippen molar-refractivity contribution >= 4 is 5.91 Å². The Labute approximate surface area is 109 Å². The fraction of sp³-hybridized carbons (Fsp3) is 0.929. The zero-order valence-corrected chi connectivity index (χ0v) is 11.4. The Kier molecular flexibility index (Phi) is 3.32. The fourth-order valence-corrected chi connectivity index (χ4v) is 3.73. The third kappa shape index (κ3) is 2.28. The normalized spacial score (nSPS) is 43.1.